The van der Waals surface area contributed by atoms with Crippen LogP contribution in [0.2, 0.25) is 5.02 Å². The molecule has 3 nitrogen and oxygen atoms in total. The first-order valence-corrected chi connectivity index (χ1v) is 9.27. The summed E-state index contributed by atoms with van der Waals surface area (Å²) < 4.78 is 0. The second-order valence-electron chi connectivity index (χ2n) is 5.70. The van der Waals surface area contributed by atoms with Crippen molar-refractivity contribution in [2.45, 2.75) is 13.0 Å². The number of hydrogen-bond acceptors (Lipinski definition) is 3. The largest absolute Gasteiger partial charge is 0.325 e. The number of benzene rings is 2. The number of thiophene rings is 1. The van der Waals surface area contributed by atoms with E-state index in [1.54, 1.807) is 11.3 Å². The van der Waals surface area contributed by atoms with Crippen LogP contribution in [0, 0.1) is 6.92 Å². The Balaban J connectivity index is 1.69. The van der Waals surface area contributed by atoms with Crippen molar-refractivity contribution in [3.05, 3.63) is 87.1 Å². The predicted molar refractivity (Wildman–Crippen MR) is 105 cm³/mol. The van der Waals surface area contributed by atoms with Crippen LogP contribution in [0.15, 0.2) is 66.0 Å². The summed E-state index contributed by atoms with van der Waals surface area (Å²) in [6, 6.07) is 19.7. The van der Waals surface area contributed by atoms with Crippen molar-refractivity contribution in [3.63, 3.8) is 0 Å². The number of anilines is 1. The van der Waals surface area contributed by atoms with Crippen LogP contribution in [-0.4, -0.2) is 12.5 Å². The third-order valence-electron chi connectivity index (χ3n) is 3.97. The summed E-state index contributed by atoms with van der Waals surface area (Å²) in [6.07, 6.45) is 0. The molecule has 0 bridgehead atoms. The Bertz CT molecular complexity index is 834. The molecule has 0 aliphatic rings. The molecule has 2 N–H and O–H groups in total. The van der Waals surface area contributed by atoms with Crippen molar-refractivity contribution in [2.24, 2.45) is 0 Å². The van der Waals surface area contributed by atoms with Gasteiger partial charge in [0.2, 0.25) is 5.91 Å². The fourth-order valence-electron chi connectivity index (χ4n) is 2.62. The molecule has 3 aromatic rings. The minimum atomic E-state index is -0.0946. The van der Waals surface area contributed by atoms with Crippen molar-refractivity contribution in [2.75, 3.05) is 11.9 Å². The molecule has 0 saturated carbocycles. The van der Waals surface area contributed by atoms with Crippen molar-refractivity contribution >= 4 is 34.5 Å². The van der Waals surface area contributed by atoms with Gasteiger partial charge in [0.25, 0.3) is 0 Å². The van der Waals surface area contributed by atoms with Crippen LogP contribution in [0.25, 0.3) is 0 Å². The first-order chi connectivity index (χ1) is 12.1. The van der Waals surface area contributed by atoms with Crippen molar-refractivity contribution in [1.82, 2.24) is 5.32 Å². The van der Waals surface area contributed by atoms with E-state index < -0.39 is 0 Å². The molecule has 0 unspecified atom stereocenters. The highest BCUT2D eigenvalue weighted by molar-refractivity contribution is 7.10. The van der Waals surface area contributed by atoms with Crippen molar-refractivity contribution in [3.8, 4) is 0 Å². The highest BCUT2D eigenvalue weighted by atomic mass is 35.5. The van der Waals surface area contributed by atoms with E-state index in [1.807, 2.05) is 54.8 Å². The first kappa shape index (κ1) is 17.7. The van der Waals surface area contributed by atoms with Gasteiger partial charge < -0.3 is 5.32 Å². The van der Waals surface area contributed by atoms with E-state index in [-0.39, 0.29) is 18.5 Å². The monoisotopic (exact) mass is 370 g/mol. The highest BCUT2D eigenvalue weighted by Crippen LogP contribution is 2.26. The Labute approximate surface area is 156 Å². The average molecular weight is 371 g/mol. The summed E-state index contributed by atoms with van der Waals surface area (Å²) in [5.74, 6) is -0.0946. The van der Waals surface area contributed by atoms with E-state index >= 15 is 0 Å². The third-order valence-corrected chi connectivity index (χ3v) is 5.32. The van der Waals surface area contributed by atoms with Crippen LogP contribution in [-0.2, 0) is 4.79 Å². The van der Waals surface area contributed by atoms with Gasteiger partial charge in [-0.2, -0.15) is 0 Å². The Morgan fingerprint density at radius 1 is 1.08 bits per heavy atom. The quantitative estimate of drug-likeness (QED) is 0.639. The Morgan fingerprint density at radius 3 is 2.60 bits per heavy atom. The Morgan fingerprint density at radius 2 is 1.88 bits per heavy atom. The number of hydrogen-bond donors (Lipinski definition) is 2. The molecule has 0 fully saturated rings. The molecule has 0 aliphatic heterocycles. The van der Waals surface area contributed by atoms with E-state index in [2.05, 4.69) is 28.8 Å². The minimum absolute atomic E-state index is 0.00703. The molecule has 3 rings (SSSR count). The molecule has 0 spiro atoms. The first-order valence-electron chi connectivity index (χ1n) is 8.02. The lowest BCUT2D eigenvalue weighted by molar-refractivity contribution is -0.115. The lowest BCUT2D eigenvalue weighted by Crippen LogP contribution is -2.31. The number of carbonyl (C=O) groups is 1. The maximum Gasteiger partial charge on any atom is 0.238 e. The molecule has 0 aliphatic carbocycles. The number of nitrogens with one attached hydrogen (secondary N) is 2. The summed E-state index contributed by atoms with van der Waals surface area (Å²) in [5.41, 5.74) is 2.75. The number of rotatable bonds is 6. The Hall–Kier alpha value is -2.14. The maximum atomic E-state index is 12.4. The van der Waals surface area contributed by atoms with Crippen LogP contribution >= 0.6 is 22.9 Å². The molecule has 2 aromatic carbocycles. The zero-order valence-electron chi connectivity index (χ0n) is 13.8. The molecule has 5 heteroatoms. The van der Waals surface area contributed by atoms with E-state index in [4.69, 9.17) is 11.6 Å². The molecule has 25 heavy (non-hydrogen) atoms. The minimum Gasteiger partial charge on any atom is -0.325 e. The molecule has 0 saturated heterocycles. The van der Waals surface area contributed by atoms with Gasteiger partial charge in [0.15, 0.2) is 0 Å². The van der Waals surface area contributed by atoms with E-state index in [9.17, 15) is 4.79 Å². The normalized spacial score (nSPS) is 11.9. The van der Waals surface area contributed by atoms with Crippen molar-refractivity contribution in [1.29, 1.82) is 0 Å². The molecular formula is C20H19ClN2OS. The van der Waals surface area contributed by atoms with Gasteiger partial charge in [-0.1, -0.05) is 54.1 Å². The fourth-order valence-corrected chi connectivity index (χ4v) is 3.62. The molecule has 128 valence electrons. The average Bonchev–Trinajstić information content (AvgIpc) is 3.14. The summed E-state index contributed by atoms with van der Waals surface area (Å²) in [7, 11) is 0. The van der Waals surface area contributed by atoms with Gasteiger partial charge in [-0.15, -0.1) is 11.3 Å². The Kier molecular flexibility index (Phi) is 5.87. The van der Waals surface area contributed by atoms with Crippen LogP contribution in [0.1, 0.15) is 22.0 Å². The van der Waals surface area contributed by atoms with E-state index in [0.29, 0.717) is 5.02 Å². The molecule has 0 radical (unpaired) electrons. The van der Waals surface area contributed by atoms with Gasteiger partial charge in [-0.25, -0.2) is 0 Å². The molecule has 1 amide bonds. The van der Waals surface area contributed by atoms with Gasteiger partial charge in [0.1, 0.15) is 0 Å². The zero-order chi connectivity index (χ0) is 17.6. The van der Waals surface area contributed by atoms with Gasteiger partial charge in [0, 0.05) is 15.6 Å². The number of halogens is 1. The maximum absolute atomic E-state index is 12.4. The summed E-state index contributed by atoms with van der Waals surface area (Å²) in [4.78, 5) is 13.5. The number of amides is 1. The lowest BCUT2D eigenvalue weighted by Gasteiger charge is -2.18. The highest BCUT2D eigenvalue weighted by Gasteiger charge is 2.16. The third kappa shape index (κ3) is 4.48. The molecular weight excluding hydrogens is 352 g/mol. The molecule has 1 atom stereocenters. The smallest absolute Gasteiger partial charge is 0.238 e. The second-order valence-corrected chi connectivity index (χ2v) is 7.09. The lowest BCUT2D eigenvalue weighted by atomic mass is 10.1. The van der Waals surface area contributed by atoms with E-state index in [0.717, 1.165) is 16.8 Å². The van der Waals surface area contributed by atoms with Crippen LogP contribution < -0.4 is 10.6 Å². The predicted octanol–water partition coefficient (Wildman–Crippen LogP) is 5.03. The van der Waals surface area contributed by atoms with Gasteiger partial charge in [0.05, 0.1) is 12.6 Å². The SMILES string of the molecule is Cc1c(Cl)cccc1NC(=O)CN[C@@H](c1ccccc1)c1cccs1. The second kappa shape index (κ2) is 8.30. The molecule has 1 aromatic heterocycles. The van der Waals surface area contributed by atoms with Crippen molar-refractivity contribution < 1.29 is 4.79 Å². The fraction of sp³-hybridized carbons (Fsp3) is 0.150. The summed E-state index contributed by atoms with van der Waals surface area (Å²) in [6.45, 7) is 2.10. The zero-order valence-corrected chi connectivity index (χ0v) is 15.4. The summed E-state index contributed by atoms with van der Waals surface area (Å²) in [5, 5.41) is 8.97. The van der Waals surface area contributed by atoms with Crippen LogP contribution in [0.5, 0.6) is 0 Å². The van der Waals surface area contributed by atoms with Gasteiger partial charge >= 0.3 is 0 Å². The van der Waals surface area contributed by atoms with E-state index in [1.165, 1.54) is 4.88 Å². The van der Waals surface area contributed by atoms with Crippen LogP contribution in [0.4, 0.5) is 5.69 Å². The van der Waals surface area contributed by atoms with Crippen LogP contribution in [0.3, 0.4) is 0 Å². The van der Waals surface area contributed by atoms with Gasteiger partial charge in [-0.05, 0) is 41.6 Å². The number of carbonyl (C=O) groups excluding carboxylic acids is 1. The molecule has 1 heterocycles. The standard InChI is InChI=1S/C20H19ClN2OS/c1-14-16(21)9-5-10-17(14)23-19(24)13-22-20(18-11-6-12-25-18)15-7-3-2-4-8-15/h2-12,20,22H,13H2,1H3,(H,23,24)/t20-/m0/s1. The summed E-state index contributed by atoms with van der Waals surface area (Å²) >= 11 is 7.78. The van der Waals surface area contributed by atoms with Gasteiger partial charge in [-0.3, -0.25) is 10.1 Å². The topological polar surface area (TPSA) is 41.1 Å².